The average Bonchev–Trinajstić information content (AvgIpc) is 3.05. The van der Waals surface area contributed by atoms with E-state index in [2.05, 4.69) is 77.9 Å². The summed E-state index contributed by atoms with van der Waals surface area (Å²) in [4.78, 5) is 2.21. The van der Waals surface area contributed by atoms with Gasteiger partial charge in [0.2, 0.25) is 0 Å². The average molecular weight is 415 g/mol. The van der Waals surface area contributed by atoms with Gasteiger partial charge in [0.05, 0.1) is 12.6 Å². The monoisotopic (exact) mass is 414 g/mol. The quantitative estimate of drug-likeness (QED) is 0.433. The van der Waals surface area contributed by atoms with Crippen LogP contribution in [0, 0.1) is 0 Å². The first-order valence-corrected chi connectivity index (χ1v) is 10.8. The Balaban J connectivity index is 1.96. The molecule has 2 atom stereocenters. The first-order valence-electron chi connectivity index (χ1n) is 9.55. The number of thioether (sulfide) groups is 1. The van der Waals surface area contributed by atoms with Crippen LogP contribution in [-0.2, 0) is 6.54 Å². The number of hydrogen-bond donors (Lipinski definition) is 0. The van der Waals surface area contributed by atoms with Crippen molar-refractivity contribution >= 4 is 23.4 Å². The molecule has 0 spiro atoms. The predicted octanol–water partition coefficient (Wildman–Crippen LogP) is 5.85. The third kappa shape index (κ3) is 4.77. The van der Waals surface area contributed by atoms with Crippen LogP contribution in [0.4, 0.5) is 0 Å². The molecule has 0 radical (unpaired) electrons. The summed E-state index contributed by atoms with van der Waals surface area (Å²) < 4.78 is 2.25. The summed E-state index contributed by atoms with van der Waals surface area (Å²) in [6.07, 6.45) is 0.977. The van der Waals surface area contributed by atoms with Crippen LogP contribution in [0.15, 0.2) is 59.8 Å². The van der Waals surface area contributed by atoms with Gasteiger partial charge in [0.1, 0.15) is 0 Å². The molecule has 0 amide bonds. The highest BCUT2D eigenvalue weighted by Gasteiger charge is 2.24. The highest BCUT2D eigenvalue weighted by atomic mass is 35.5. The number of nitrogens with zero attached hydrogens (tertiary/aromatic N) is 4. The summed E-state index contributed by atoms with van der Waals surface area (Å²) in [7, 11) is 4.18. The van der Waals surface area contributed by atoms with Gasteiger partial charge in [0.25, 0.3) is 0 Å². The predicted molar refractivity (Wildman–Crippen MR) is 118 cm³/mol. The smallest absolute Gasteiger partial charge is 0.192 e. The van der Waals surface area contributed by atoms with E-state index in [1.165, 1.54) is 5.56 Å². The zero-order valence-corrected chi connectivity index (χ0v) is 18.4. The second-order valence-corrected chi connectivity index (χ2v) is 8.80. The lowest BCUT2D eigenvalue weighted by atomic mass is 10.2. The van der Waals surface area contributed by atoms with Crippen LogP contribution >= 0.6 is 23.4 Å². The standard InChI is InChI=1S/C22H27ClN4S/c1-5-20(26(3)4)21-24-25-22(27(21)15-17-11-7-6-8-12-17)28-16(2)18-13-9-10-14-19(18)23/h6-14,16,20H,5,15H2,1-4H3/t16-,20+/m0/s1. The Labute approximate surface area is 176 Å². The third-order valence-electron chi connectivity index (χ3n) is 4.86. The molecule has 2 aromatic carbocycles. The van der Waals surface area contributed by atoms with Crippen molar-refractivity contribution in [1.82, 2.24) is 19.7 Å². The molecule has 4 nitrogen and oxygen atoms in total. The van der Waals surface area contributed by atoms with Crippen LogP contribution < -0.4 is 0 Å². The van der Waals surface area contributed by atoms with Gasteiger partial charge in [-0.15, -0.1) is 10.2 Å². The van der Waals surface area contributed by atoms with E-state index < -0.39 is 0 Å². The van der Waals surface area contributed by atoms with E-state index in [0.29, 0.717) is 0 Å². The molecule has 3 aromatic rings. The van der Waals surface area contributed by atoms with Gasteiger partial charge >= 0.3 is 0 Å². The molecule has 6 heteroatoms. The van der Waals surface area contributed by atoms with Crippen LogP contribution in [0.5, 0.6) is 0 Å². The van der Waals surface area contributed by atoms with Crippen LogP contribution in [0.2, 0.25) is 5.02 Å². The Morgan fingerprint density at radius 2 is 1.71 bits per heavy atom. The van der Waals surface area contributed by atoms with Gasteiger partial charge in [-0.05, 0) is 44.6 Å². The molecule has 1 heterocycles. The maximum Gasteiger partial charge on any atom is 0.192 e. The fourth-order valence-electron chi connectivity index (χ4n) is 3.35. The minimum atomic E-state index is 0.180. The van der Waals surface area contributed by atoms with E-state index in [9.17, 15) is 0 Å². The fourth-order valence-corrected chi connectivity index (χ4v) is 4.74. The number of benzene rings is 2. The molecule has 0 N–H and O–H groups in total. The summed E-state index contributed by atoms with van der Waals surface area (Å²) in [5, 5.41) is 11.0. The minimum absolute atomic E-state index is 0.180. The van der Waals surface area contributed by atoms with E-state index in [-0.39, 0.29) is 11.3 Å². The molecule has 0 unspecified atom stereocenters. The van der Waals surface area contributed by atoms with Gasteiger partial charge < -0.3 is 4.57 Å². The lowest BCUT2D eigenvalue weighted by Gasteiger charge is -2.23. The van der Waals surface area contributed by atoms with E-state index in [1.807, 2.05) is 24.3 Å². The van der Waals surface area contributed by atoms with Crippen LogP contribution in [0.3, 0.4) is 0 Å². The summed E-state index contributed by atoms with van der Waals surface area (Å²) >= 11 is 8.12. The fraction of sp³-hybridized carbons (Fsp3) is 0.364. The van der Waals surface area contributed by atoms with Crippen LogP contribution in [0.25, 0.3) is 0 Å². The molecule has 148 valence electrons. The third-order valence-corrected chi connectivity index (χ3v) is 6.33. The number of rotatable bonds is 8. The summed E-state index contributed by atoms with van der Waals surface area (Å²) in [6.45, 7) is 5.10. The Hall–Kier alpha value is -1.82. The van der Waals surface area contributed by atoms with Gasteiger partial charge in [-0.1, -0.05) is 78.8 Å². The van der Waals surface area contributed by atoms with E-state index in [0.717, 1.165) is 34.5 Å². The largest absolute Gasteiger partial charge is 0.300 e. The molecule has 1 aromatic heterocycles. The summed E-state index contributed by atoms with van der Waals surface area (Å²) in [5.41, 5.74) is 2.36. The zero-order chi connectivity index (χ0) is 20.1. The van der Waals surface area contributed by atoms with E-state index in [4.69, 9.17) is 11.6 Å². The number of aromatic nitrogens is 3. The molecular formula is C22H27ClN4S. The molecular weight excluding hydrogens is 388 g/mol. The molecule has 0 aliphatic carbocycles. The topological polar surface area (TPSA) is 34.0 Å². The number of hydrogen-bond acceptors (Lipinski definition) is 4. The lowest BCUT2D eigenvalue weighted by molar-refractivity contribution is 0.272. The molecule has 0 bridgehead atoms. The van der Waals surface area contributed by atoms with Gasteiger partial charge in [-0.3, -0.25) is 4.90 Å². The van der Waals surface area contributed by atoms with Crippen molar-refractivity contribution in [2.45, 2.75) is 43.3 Å². The molecule has 0 aliphatic rings. The molecule has 0 saturated heterocycles. The van der Waals surface area contributed by atoms with Crippen LogP contribution in [0.1, 0.15) is 48.5 Å². The Bertz CT molecular complexity index is 895. The second kappa shape index (κ2) is 9.59. The molecule has 0 saturated carbocycles. The number of halogens is 1. The van der Waals surface area contributed by atoms with Crippen molar-refractivity contribution in [3.8, 4) is 0 Å². The second-order valence-electron chi connectivity index (χ2n) is 7.08. The van der Waals surface area contributed by atoms with E-state index in [1.54, 1.807) is 11.8 Å². The molecule has 0 aliphatic heterocycles. The van der Waals surface area contributed by atoms with Gasteiger partial charge in [-0.25, -0.2) is 0 Å². The normalized spacial score (nSPS) is 13.6. The van der Waals surface area contributed by atoms with E-state index >= 15 is 0 Å². The van der Waals surface area contributed by atoms with Crippen molar-refractivity contribution < 1.29 is 0 Å². The zero-order valence-electron chi connectivity index (χ0n) is 16.8. The highest BCUT2D eigenvalue weighted by Crippen LogP contribution is 2.38. The van der Waals surface area contributed by atoms with Crippen molar-refractivity contribution in [1.29, 1.82) is 0 Å². The highest BCUT2D eigenvalue weighted by molar-refractivity contribution is 7.99. The van der Waals surface area contributed by atoms with Crippen molar-refractivity contribution in [2.24, 2.45) is 0 Å². The Morgan fingerprint density at radius 1 is 1.04 bits per heavy atom. The Kier molecular flexibility index (Phi) is 7.16. The Morgan fingerprint density at radius 3 is 2.36 bits per heavy atom. The van der Waals surface area contributed by atoms with Crippen molar-refractivity contribution in [2.75, 3.05) is 14.1 Å². The van der Waals surface area contributed by atoms with Crippen LogP contribution in [-0.4, -0.2) is 33.8 Å². The van der Waals surface area contributed by atoms with Gasteiger partial charge in [0.15, 0.2) is 11.0 Å². The van der Waals surface area contributed by atoms with Gasteiger partial charge in [0, 0.05) is 10.3 Å². The molecule has 28 heavy (non-hydrogen) atoms. The minimum Gasteiger partial charge on any atom is -0.300 e. The first-order chi connectivity index (χ1) is 13.5. The summed E-state index contributed by atoms with van der Waals surface area (Å²) in [6, 6.07) is 18.7. The van der Waals surface area contributed by atoms with Gasteiger partial charge in [-0.2, -0.15) is 0 Å². The first kappa shape index (κ1) is 20.9. The van der Waals surface area contributed by atoms with Crippen molar-refractivity contribution in [3.63, 3.8) is 0 Å². The SMILES string of the molecule is CC[C@H](c1nnc(S[C@@H](C)c2ccccc2Cl)n1Cc1ccccc1)N(C)C. The maximum atomic E-state index is 6.41. The summed E-state index contributed by atoms with van der Waals surface area (Å²) in [5.74, 6) is 1.00. The lowest BCUT2D eigenvalue weighted by Crippen LogP contribution is -2.23. The van der Waals surface area contributed by atoms with Crippen molar-refractivity contribution in [3.05, 3.63) is 76.6 Å². The molecule has 3 rings (SSSR count). The maximum absolute atomic E-state index is 6.41. The molecule has 0 fully saturated rings.